The summed E-state index contributed by atoms with van der Waals surface area (Å²) in [7, 11) is 0. The summed E-state index contributed by atoms with van der Waals surface area (Å²) in [6.45, 7) is 1.86. The Morgan fingerprint density at radius 3 is 2.74 bits per heavy atom. The van der Waals surface area contributed by atoms with Gasteiger partial charge in [0.2, 0.25) is 11.0 Å². The van der Waals surface area contributed by atoms with Crippen molar-refractivity contribution in [2.75, 3.05) is 11.1 Å². The molecular formula is C12H12BrN3OS2. The van der Waals surface area contributed by atoms with Crippen LogP contribution in [0.15, 0.2) is 33.6 Å². The fourth-order valence-corrected chi connectivity index (χ4v) is 3.05. The lowest BCUT2D eigenvalue weighted by Crippen LogP contribution is -2.11. The second kappa shape index (κ2) is 7.02. The summed E-state index contributed by atoms with van der Waals surface area (Å²) < 4.78 is 1.06. The predicted molar refractivity (Wildman–Crippen MR) is 82.8 cm³/mol. The van der Waals surface area contributed by atoms with Gasteiger partial charge in [-0.3, -0.25) is 4.79 Å². The molecular weight excluding hydrogens is 346 g/mol. The highest BCUT2D eigenvalue weighted by Crippen LogP contribution is 2.21. The zero-order valence-corrected chi connectivity index (χ0v) is 13.4. The first-order chi connectivity index (χ1) is 9.13. The van der Waals surface area contributed by atoms with Crippen LogP contribution in [0.3, 0.4) is 0 Å². The van der Waals surface area contributed by atoms with Crippen LogP contribution in [0.4, 0.5) is 5.13 Å². The van der Waals surface area contributed by atoms with Gasteiger partial charge >= 0.3 is 0 Å². The number of aromatic nitrogens is 2. The number of rotatable bonds is 5. The van der Waals surface area contributed by atoms with Gasteiger partial charge in [-0.05, 0) is 31.2 Å². The molecule has 1 aromatic carbocycles. The van der Waals surface area contributed by atoms with E-state index in [1.807, 2.05) is 31.2 Å². The highest BCUT2D eigenvalue weighted by atomic mass is 79.9. The summed E-state index contributed by atoms with van der Waals surface area (Å²) in [6.07, 6.45) is 0.458. The Balaban J connectivity index is 1.73. The molecule has 2 aromatic rings. The molecule has 0 aliphatic carbocycles. The van der Waals surface area contributed by atoms with Gasteiger partial charge in [-0.1, -0.05) is 27.3 Å². The third kappa shape index (κ3) is 4.93. The SMILES string of the molecule is Cc1nnc(NC(=O)CCSc2ccc(Br)cc2)s1. The number of carbonyl (C=O) groups is 1. The molecule has 4 nitrogen and oxygen atoms in total. The Hall–Kier alpha value is -0.920. The Kier molecular flexibility index (Phi) is 5.35. The van der Waals surface area contributed by atoms with E-state index >= 15 is 0 Å². The van der Waals surface area contributed by atoms with Crippen LogP contribution in [-0.4, -0.2) is 21.9 Å². The lowest BCUT2D eigenvalue weighted by molar-refractivity contribution is -0.115. The third-order valence-corrected chi connectivity index (χ3v) is 4.48. The van der Waals surface area contributed by atoms with E-state index in [4.69, 9.17) is 0 Å². The van der Waals surface area contributed by atoms with Crippen LogP contribution in [0.25, 0.3) is 0 Å². The molecule has 1 amide bonds. The Morgan fingerprint density at radius 2 is 2.11 bits per heavy atom. The van der Waals surface area contributed by atoms with Crippen LogP contribution in [0.2, 0.25) is 0 Å². The lowest BCUT2D eigenvalue weighted by atomic mass is 10.4. The van der Waals surface area contributed by atoms with Crippen LogP contribution in [0.5, 0.6) is 0 Å². The molecule has 1 heterocycles. The van der Waals surface area contributed by atoms with Crippen molar-refractivity contribution in [3.8, 4) is 0 Å². The first-order valence-electron chi connectivity index (χ1n) is 5.62. The number of hydrogen-bond donors (Lipinski definition) is 1. The monoisotopic (exact) mass is 357 g/mol. The second-order valence-electron chi connectivity index (χ2n) is 3.73. The summed E-state index contributed by atoms with van der Waals surface area (Å²) in [5, 5.41) is 11.9. The smallest absolute Gasteiger partial charge is 0.227 e. The topological polar surface area (TPSA) is 54.9 Å². The molecule has 1 N–H and O–H groups in total. The minimum absolute atomic E-state index is 0.0271. The third-order valence-electron chi connectivity index (χ3n) is 2.18. The number of nitrogens with one attached hydrogen (secondary N) is 1. The summed E-state index contributed by atoms with van der Waals surface area (Å²) in [5.74, 6) is 0.714. The lowest BCUT2D eigenvalue weighted by Gasteiger charge is -2.02. The van der Waals surface area contributed by atoms with E-state index in [2.05, 4.69) is 31.4 Å². The van der Waals surface area contributed by atoms with Crippen molar-refractivity contribution in [3.63, 3.8) is 0 Å². The molecule has 2 rings (SSSR count). The van der Waals surface area contributed by atoms with Crippen molar-refractivity contribution < 1.29 is 4.79 Å². The van der Waals surface area contributed by atoms with Gasteiger partial charge in [0.25, 0.3) is 0 Å². The molecule has 0 radical (unpaired) electrons. The molecule has 0 aliphatic rings. The summed E-state index contributed by atoms with van der Waals surface area (Å²) in [6, 6.07) is 8.04. The van der Waals surface area contributed by atoms with Crippen LogP contribution >= 0.6 is 39.0 Å². The highest BCUT2D eigenvalue weighted by molar-refractivity contribution is 9.10. The van der Waals surface area contributed by atoms with Gasteiger partial charge in [-0.25, -0.2) is 0 Å². The zero-order chi connectivity index (χ0) is 13.7. The molecule has 0 unspecified atom stereocenters. The van der Waals surface area contributed by atoms with Gasteiger partial charge < -0.3 is 5.32 Å². The largest absolute Gasteiger partial charge is 0.301 e. The van der Waals surface area contributed by atoms with Crippen LogP contribution in [0.1, 0.15) is 11.4 Å². The van der Waals surface area contributed by atoms with Crippen LogP contribution in [0, 0.1) is 6.92 Å². The highest BCUT2D eigenvalue weighted by Gasteiger charge is 2.06. The van der Waals surface area contributed by atoms with E-state index < -0.39 is 0 Å². The molecule has 0 bridgehead atoms. The number of anilines is 1. The van der Waals surface area contributed by atoms with Crippen LogP contribution in [-0.2, 0) is 4.79 Å². The van der Waals surface area contributed by atoms with Crippen molar-refractivity contribution in [2.45, 2.75) is 18.2 Å². The molecule has 0 spiro atoms. The average molecular weight is 358 g/mol. The van der Waals surface area contributed by atoms with Crippen molar-refractivity contribution >= 4 is 50.1 Å². The number of aryl methyl sites for hydroxylation is 1. The van der Waals surface area contributed by atoms with E-state index in [9.17, 15) is 4.79 Å². The van der Waals surface area contributed by atoms with E-state index in [1.54, 1.807) is 11.8 Å². The van der Waals surface area contributed by atoms with Crippen molar-refractivity contribution in [1.29, 1.82) is 0 Å². The number of amides is 1. The van der Waals surface area contributed by atoms with Gasteiger partial charge in [0.15, 0.2) is 0 Å². The molecule has 100 valence electrons. The summed E-state index contributed by atoms with van der Waals surface area (Å²) in [4.78, 5) is 12.8. The number of nitrogens with zero attached hydrogens (tertiary/aromatic N) is 2. The van der Waals surface area contributed by atoms with Gasteiger partial charge in [0, 0.05) is 21.5 Å². The predicted octanol–water partition coefficient (Wildman–Crippen LogP) is 3.73. The molecule has 1 aromatic heterocycles. The van der Waals surface area contributed by atoms with E-state index in [0.717, 1.165) is 20.1 Å². The Labute approximate surface area is 128 Å². The average Bonchev–Trinajstić information content (AvgIpc) is 2.77. The van der Waals surface area contributed by atoms with Crippen molar-refractivity contribution in [2.24, 2.45) is 0 Å². The molecule has 0 saturated carbocycles. The van der Waals surface area contributed by atoms with E-state index in [1.165, 1.54) is 11.3 Å². The van der Waals surface area contributed by atoms with Crippen molar-refractivity contribution in [1.82, 2.24) is 10.2 Å². The fourth-order valence-electron chi connectivity index (χ4n) is 1.32. The molecule has 0 aliphatic heterocycles. The fraction of sp³-hybridized carbons (Fsp3) is 0.250. The normalized spacial score (nSPS) is 10.4. The van der Waals surface area contributed by atoms with E-state index in [-0.39, 0.29) is 5.91 Å². The second-order valence-corrected chi connectivity index (χ2v) is 6.99. The minimum atomic E-state index is -0.0271. The number of benzene rings is 1. The number of halogens is 1. The van der Waals surface area contributed by atoms with Gasteiger partial charge in [0.1, 0.15) is 5.01 Å². The first kappa shape index (κ1) is 14.5. The number of carbonyl (C=O) groups excluding carboxylic acids is 1. The maximum Gasteiger partial charge on any atom is 0.227 e. The van der Waals surface area contributed by atoms with E-state index in [0.29, 0.717) is 11.6 Å². The van der Waals surface area contributed by atoms with Crippen molar-refractivity contribution in [3.05, 3.63) is 33.7 Å². The zero-order valence-electron chi connectivity index (χ0n) is 10.2. The molecule has 0 fully saturated rings. The maximum absolute atomic E-state index is 11.7. The molecule has 19 heavy (non-hydrogen) atoms. The first-order valence-corrected chi connectivity index (χ1v) is 8.21. The van der Waals surface area contributed by atoms with Gasteiger partial charge in [0.05, 0.1) is 0 Å². The molecule has 0 saturated heterocycles. The quantitative estimate of drug-likeness (QED) is 0.828. The Morgan fingerprint density at radius 1 is 1.37 bits per heavy atom. The minimum Gasteiger partial charge on any atom is -0.301 e. The molecule has 0 atom stereocenters. The maximum atomic E-state index is 11.7. The summed E-state index contributed by atoms with van der Waals surface area (Å²) >= 11 is 6.43. The standard InChI is InChI=1S/C12H12BrN3OS2/c1-8-15-16-12(19-8)14-11(17)6-7-18-10-4-2-9(13)3-5-10/h2-5H,6-7H2,1H3,(H,14,16,17). The Bertz CT molecular complexity index is 556. The summed E-state index contributed by atoms with van der Waals surface area (Å²) in [5.41, 5.74) is 0. The number of thioether (sulfide) groups is 1. The van der Waals surface area contributed by atoms with Gasteiger partial charge in [-0.15, -0.1) is 22.0 Å². The number of hydrogen-bond acceptors (Lipinski definition) is 5. The van der Waals surface area contributed by atoms with Crippen LogP contribution < -0.4 is 5.32 Å². The molecule has 7 heteroatoms. The van der Waals surface area contributed by atoms with Gasteiger partial charge in [-0.2, -0.15) is 0 Å².